The van der Waals surface area contributed by atoms with Crippen LogP contribution in [0.4, 0.5) is 0 Å². The molecule has 2 aliphatic rings. The average Bonchev–Trinajstić information content (AvgIpc) is 3.86. The summed E-state index contributed by atoms with van der Waals surface area (Å²) in [5, 5.41) is 2.83. The molecule has 8 nitrogen and oxygen atoms in total. The van der Waals surface area contributed by atoms with E-state index in [9.17, 15) is 14.4 Å². The van der Waals surface area contributed by atoms with Crippen molar-refractivity contribution in [2.24, 2.45) is 5.92 Å². The minimum Gasteiger partial charge on any atom is -0.494 e. The Kier molecular flexibility index (Phi) is 9.31. The van der Waals surface area contributed by atoms with Crippen molar-refractivity contribution < 1.29 is 23.9 Å². The van der Waals surface area contributed by atoms with E-state index in [1.54, 1.807) is 31.2 Å². The van der Waals surface area contributed by atoms with Crippen molar-refractivity contribution >= 4 is 17.6 Å². The Hall–Kier alpha value is -4.17. The van der Waals surface area contributed by atoms with Gasteiger partial charge in [-0.2, -0.15) is 0 Å². The molecule has 1 saturated carbocycles. The molecule has 1 unspecified atom stereocenters. The van der Waals surface area contributed by atoms with Crippen LogP contribution < -0.4 is 14.8 Å². The summed E-state index contributed by atoms with van der Waals surface area (Å²) in [7, 11) is 0. The maximum atomic E-state index is 13.0. The second kappa shape index (κ2) is 13.5. The van der Waals surface area contributed by atoms with E-state index in [1.165, 1.54) is 0 Å². The van der Waals surface area contributed by atoms with Crippen molar-refractivity contribution in [3.05, 3.63) is 90.0 Å². The Labute approximate surface area is 241 Å². The van der Waals surface area contributed by atoms with Crippen molar-refractivity contribution in [2.45, 2.75) is 32.2 Å². The largest absolute Gasteiger partial charge is 0.494 e. The molecule has 0 aromatic heterocycles. The molecule has 3 aromatic carbocycles. The molecule has 1 aliphatic heterocycles. The molecule has 2 amide bonds. The highest BCUT2D eigenvalue weighted by atomic mass is 16.5. The van der Waals surface area contributed by atoms with E-state index in [0.29, 0.717) is 31.0 Å². The van der Waals surface area contributed by atoms with Crippen LogP contribution in [0.25, 0.3) is 0 Å². The van der Waals surface area contributed by atoms with Crippen LogP contribution in [0.15, 0.2) is 78.9 Å². The summed E-state index contributed by atoms with van der Waals surface area (Å²) in [4.78, 5) is 42.0. The molecule has 0 bridgehead atoms. The highest BCUT2D eigenvalue weighted by molar-refractivity contribution is 5.99. The number of Topliss-reactive ketones (excluding diaryl/α,β-unsaturated/α-hetero) is 1. The van der Waals surface area contributed by atoms with Crippen LogP contribution in [-0.4, -0.2) is 72.8 Å². The molecule has 1 aliphatic carbocycles. The third-order valence-corrected chi connectivity index (χ3v) is 7.47. The molecule has 5 rings (SSSR count). The first-order chi connectivity index (χ1) is 20.0. The number of nitrogens with one attached hydrogen (secondary N) is 1. The topological polar surface area (TPSA) is 88.2 Å². The molecule has 41 heavy (non-hydrogen) atoms. The minimum atomic E-state index is -0.617. The monoisotopic (exact) mass is 555 g/mol. The lowest BCUT2D eigenvalue weighted by Gasteiger charge is -2.36. The lowest BCUT2D eigenvalue weighted by molar-refractivity contribution is -0.134. The summed E-state index contributed by atoms with van der Waals surface area (Å²) < 4.78 is 11.6. The van der Waals surface area contributed by atoms with Gasteiger partial charge >= 0.3 is 0 Å². The van der Waals surface area contributed by atoms with E-state index in [-0.39, 0.29) is 23.5 Å². The zero-order valence-corrected chi connectivity index (χ0v) is 23.5. The number of ether oxygens (including phenoxy) is 2. The Morgan fingerprint density at radius 1 is 0.805 bits per heavy atom. The number of benzene rings is 3. The summed E-state index contributed by atoms with van der Waals surface area (Å²) in [5.41, 5.74) is 1.24. The van der Waals surface area contributed by atoms with Gasteiger partial charge in [0.25, 0.3) is 5.91 Å². The van der Waals surface area contributed by atoms with Crippen LogP contribution in [-0.2, 0) is 4.79 Å². The van der Waals surface area contributed by atoms with Crippen molar-refractivity contribution in [1.29, 1.82) is 0 Å². The fourth-order valence-electron chi connectivity index (χ4n) is 4.88. The normalized spacial score (nSPS) is 16.1. The number of amides is 2. The first-order valence-corrected chi connectivity index (χ1v) is 14.4. The van der Waals surface area contributed by atoms with E-state index in [0.717, 1.165) is 56.0 Å². The zero-order chi connectivity index (χ0) is 28.6. The summed E-state index contributed by atoms with van der Waals surface area (Å²) in [6.45, 7) is 6.03. The Bertz CT molecular complexity index is 1320. The number of carbonyl (C=O) groups excluding carboxylic acids is 3. The average molecular weight is 556 g/mol. The second-order valence-electron chi connectivity index (χ2n) is 10.7. The van der Waals surface area contributed by atoms with Crippen molar-refractivity contribution in [2.75, 3.05) is 39.3 Å². The van der Waals surface area contributed by atoms with Gasteiger partial charge in [-0.05, 0) is 86.8 Å². The van der Waals surface area contributed by atoms with Gasteiger partial charge < -0.3 is 19.7 Å². The van der Waals surface area contributed by atoms with E-state index >= 15 is 0 Å². The SMILES string of the molecule is CC(NC(=O)c1ccc(Oc2ccccc2)cc1)C(=O)N1CCN(CCCOc2ccc(C(=O)C3CC3)cc2)CC1. The molecule has 214 valence electrons. The summed E-state index contributed by atoms with van der Waals surface area (Å²) in [6, 6.07) is 23.1. The van der Waals surface area contributed by atoms with Crippen LogP contribution in [0.1, 0.15) is 46.9 Å². The van der Waals surface area contributed by atoms with Crippen LogP contribution in [0, 0.1) is 5.92 Å². The summed E-state index contributed by atoms with van der Waals surface area (Å²) in [5.74, 6) is 2.24. The minimum absolute atomic E-state index is 0.0750. The Morgan fingerprint density at radius 2 is 1.41 bits per heavy atom. The second-order valence-corrected chi connectivity index (χ2v) is 10.7. The summed E-state index contributed by atoms with van der Waals surface area (Å²) >= 11 is 0. The Morgan fingerprint density at radius 3 is 2.07 bits per heavy atom. The van der Waals surface area contributed by atoms with Gasteiger partial charge in [0.2, 0.25) is 5.91 Å². The van der Waals surface area contributed by atoms with Crippen molar-refractivity contribution in [3.63, 3.8) is 0 Å². The smallest absolute Gasteiger partial charge is 0.251 e. The maximum absolute atomic E-state index is 13.0. The number of ketones is 1. The number of hydrogen-bond acceptors (Lipinski definition) is 6. The maximum Gasteiger partial charge on any atom is 0.251 e. The van der Waals surface area contributed by atoms with Crippen LogP contribution in [0.2, 0.25) is 0 Å². The van der Waals surface area contributed by atoms with Crippen molar-refractivity contribution in [3.8, 4) is 17.2 Å². The van der Waals surface area contributed by atoms with Gasteiger partial charge in [0.05, 0.1) is 6.61 Å². The molecular formula is C33H37N3O5. The number of piperazine rings is 1. The molecule has 1 heterocycles. The molecule has 0 radical (unpaired) electrons. The van der Waals surface area contributed by atoms with Gasteiger partial charge in [0.15, 0.2) is 5.78 Å². The number of rotatable bonds is 12. The zero-order valence-electron chi connectivity index (χ0n) is 23.5. The lowest BCUT2D eigenvalue weighted by atomic mass is 10.1. The number of para-hydroxylation sites is 1. The molecule has 1 saturated heterocycles. The predicted octanol–water partition coefficient (Wildman–Crippen LogP) is 4.80. The molecule has 2 fully saturated rings. The quantitative estimate of drug-likeness (QED) is 0.255. The number of carbonyl (C=O) groups is 3. The molecule has 0 spiro atoms. The van der Waals surface area contributed by atoms with E-state index in [1.807, 2.05) is 59.5 Å². The van der Waals surface area contributed by atoms with Crippen LogP contribution in [0.5, 0.6) is 17.2 Å². The fourth-order valence-corrected chi connectivity index (χ4v) is 4.88. The van der Waals surface area contributed by atoms with E-state index in [2.05, 4.69) is 10.2 Å². The molecule has 1 N–H and O–H groups in total. The predicted molar refractivity (Wildman–Crippen MR) is 157 cm³/mol. The Balaban J connectivity index is 0.984. The third kappa shape index (κ3) is 7.95. The molecule has 8 heteroatoms. The van der Waals surface area contributed by atoms with Gasteiger partial charge in [0, 0.05) is 49.8 Å². The van der Waals surface area contributed by atoms with Gasteiger partial charge in [-0.1, -0.05) is 18.2 Å². The van der Waals surface area contributed by atoms with Crippen LogP contribution >= 0.6 is 0 Å². The van der Waals surface area contributed by atoms with Crippen LogP contribution in [0.3, 0.4) is 0 Å². The van der Waals surface area contributed by atoms with Gasteiger partial charge in [0.1, 0.15) is 23.3 Å². The molecule has 3 aromatic rings. The highest BCUT2D eigenvalue weighted by Crippen LogP contribution is 2.33. The standard InChI is InChI=1S/C33H37N3O5/c1-24(34-32(38)27-12-16-30(17-13-27)41-29-6-3-2-4-7-29)33(39)36-21-19-35(20-22-36)18-5-23-40-28-14-10-26(11-15-28)31(37)25-8-9-25/h2-4,6-7,10-17,24-25H,5,8-9,18-23H2,1H3,(H,34,38). The first-order valence-electron chi connectivity index (χ1n) is 14.4. The molecular weight excluding hydrogens is 518 g/mol. The van der Waals surface area contributed by atoms with Gasteiger partial charge in [-0.3, -0.25) is 19.3 Å². The lowest BCUT2D eigenvalue weighted by Crippen LogP contribution is -2.54. The fraction of sp³-hybridized carbons (Fsp3) is 0.364. The summed E-state index contributed by atoms with van der Waals surface area (Å²) in [6.07, 6.45) is 2.89. The van der Waals surface area contributed by atoms with E-state index in [4.69, 9.17) is 9.47 Å². The van der Waals surface area contributed by atoms with Gasteiger partial charge in [-0.25, -0.2) is 0 Å². The molecule has 1 atom stereocenters. The van der Waals surface area contributed by atoms with Gasteiger partial charge in [-0.15, -0.1) is 0 Å². The number of hydrogen-bond donors (Lipinski definition) is 1. The van der Waals surface area contributed by atoms with E-state index < -0.39 is 6.04 Å². The number of nitrogens with zero attached hydrogens (tertiary/aromatic N) is 2. The van der Waals surface area contributed by atoms with Crippen molar-refractivity contribution in [1.82, 2.24) is 15.1 Å². The highest BCUT2D eigenvalue weighted by Gasteiger charge is 2.30. The first kappa shape index (κ1) is 28.4. The third-order valence-electron chi connectivity index (χ3n) is 7.47.